The fraction of sp³-hybridized carbons (Fsp3) is 0.455. The van der Waals surface area contributed by atoms with Crippen LogP contribution in [0.25, 0.3) is 0 Å². The molecule has 8 nitrogen and oxygen atoms in total. The molecule has 2 aromatic rings. The Morgan fingerprint density at radius 1 is 1.16 bits per heavy atom. The van der Waals surface area contributed by atoms with Crippen molar-refractivity contribution in [2.24, 2.45) is 5.92 Å². The first-order valence-electron chi connectivity index (χ1n) is 10.4. The van der Waals surface area contributed by atoms with Crippen LogP contribution in [0.3, 0.4) is 0 Å². The van der Waals surface area contributed by atoms with E-state index in [0.717, 1.165) is 24.3 Å². The van der Waals surface area contributed by atoms with Crippen LogP contribution in [-0.2, 0) is 9.59 Å². The summed E-state index contributed by atoms with van der Waals surface area (Å²) in [6, 6.07) is 7.60. The van der Waals surface area contributed by atoms with E-state index in [0.29, 0.717) is 30.6 Å². The third-order valence-corrected chi connectivity index (χ3v) is 6.30. The molecule has 1 atom stereocenters. The first kappa shape index (κ1) is 21.4. The zero-order valence-corrected chi connectivity index (χ0v) is 18.5. The van der Waals surface area contributed by atoms with Crippen molar-refractivity contribution in [2.75, 3.05) is 43.6 Å². The number of amides is 2. The van der Waals surface area contributed by atoms with Crippen molar-refractivity contribution >= 4 is 35.1 Å². The molecule has 31 heavy (non-hydrogen) atoms. The van der Waals surface area contributed by atoms with Gasteiger partial charge in [-0.1, -0.05) is 11.6 Å². The van der Waals surface area contributed by atoms with Gasteiger partial charge in [0.15, 0.2) is 0 Å². The van der Waals surface area contributed by atoms with Gasteiger partial charge in [-0.25, -0.2) is 9.97 Å². The summed E-state index contributed by atoms with van der Waals surface area (Å²) in [7, 11) is 3.57. The molecule has 2 amide bonds. The monoisotopic (exact) mass is 443 g/mol. The van der Waals surface area contributed by atoms with Gasteiger partial charge in [-0.15, -0.1) is 0 Å². The van der Waals surface area contributed by atoms with E-state index in [9.17, 15) is 9.59 Å². The predicted octanol–water partition coefficient (Wildman–Crippen LogP) is 2.62. The van der Waals surface area contributed by atoms with Gasteiger partial charge in [0, 0.05) is 44.8 Å². The summed E-state index contributed by atoms with van der Waals surface area (Å²) in [5.41, 5.74) is 0.796. The van der Waals surface area contributed by atoms with Crippen LogP contribution in [0.1, 0.15) is 19.3 Å². The van der Waals surface area contributed by atoms with Crippen molar-refractivity contribution < 1.29 is 14.3 Å². The lowest BCUT2D eigenvalue weighted by atomic mass is 10.0. The fourth-order valence-corrected chi connectivity index (χ4v) is 4.36. The Morgan fingerprint density at radius 2 is 1.81 bits per heavy atom. The lowest BCUT2D eigenvalue weighted by molar-refractivity contribution is -0.136. The fourth-order valence-electron chi connectivity index (χ4n) is 4.27. The first-order valence-corrected chi connectivity index (χ1v) is 10.8. The van der Waals surface area contributed by atoms with Gasteiger partial charge in [-0.05, 0) is 37.1 Å². The van der Waals surface area contributed by atoms with Crippen molar-refractivity contribution in [3.8, 4) is 5.75 Å². The highest BCUT2D eigenvalue weighted by molar-refractivity contribution is 6.30. The van der Waals surface area contributed by atoms with Gasteiger partial charge in [0.1, 0.15) is 5.75 Å². The zero-order chi connectivity index (χ0) is 22.0. The molecule has 2 aliphatic rings. The molecule has 0 N–H and O–H groups in total. The average molecular weight is 444 g/mol. The molecule has 0 aliphatic carbocycles. The van der Waals surface area contributed by atoms with E-state index in [1.807, 2.05) is 41.1 Å². The Balaban J connectivity index is 1.33. The van der Waals surface area contributed by atoms with E-state index < -0.39 is 0 Å². The third-order valence-electron chi connectivity index (χ3n) is 6.10. The number of benzene rings is 1. The van der Waals surface area contributed by atoms with Gasteiger partial charge in [-0.2, -0.15) is 0 Å². The number of methoxy groups -OCH3 is 1. The van der Waals surface area contributed by atoms with Crippen LogP contribution in [0.4, 0.5) is 11.6 Å². The van der Waals surface area contributed by atoms with E-state index in [1.165, 1.54) is 0 Å². The van der Waals surface area contributed by atoms with E-state index >= 15 is 0 Å². The second-order valence-corrected chi connectivity index (χ2v) is 8.41. The maximum Gasteiger partial charge on any atom is 0.228 e. The normalized spacial score (nSPS) is 19.6. The highest BCUT2D eigenvalue weighted by atomic mass is 35.5. The number of nitrogens with zero attached hydrogens (tertiary/aromatic N) is 5. The summed E-state index contributed by atoms with van der Waals surface area (Å²) in [5, 5.41) is 0.507. The topological polar surface area (TPSA) is 78.9 Å². The van der Waals surface area contributed by atoms with Gasteiger partial charge in [0.25, 0.3) is 0 Å². The van der Waals surface area contributed by atoms with E-state index in [1.54, 1.807) is 24.4 Å². The van der Waals surface area contributed by atoms with Crippen LogP contribution in [-0.4, -0.2) is 66.5 Å². The van der Waals surface area contributed by atoms with E-state index in [4.69, 9.17) is 16.3 Å². The molecule has 0 radical (unpaired) electrons. The second kappa shape index (κ2) is 9.09. The summed E-state index contributed by atoms with van der Waals surface area (Å²) >= 11 is 5.87. The summed E-state index contributed by atoms with van der Waals surface area (Å²) in [5.74, 6) is 1.11. The maximum absolute atomic E-state index is 13.1. The van der Waals surface area contributed by atoms with Crippen molar-refractivity contribution in [3.63, 3.8) is 0 Å². The van der Waals surface area contributed by atoms with Gasteiger partial charge in [0.2, 0.25) is 17.8 Å². The Kier molecular flexibility index (Phi) is 6.27. The predicted molar refractivity (Wildman–Crippen MR) is 119 cm³/mol. The minimum absolute atomic E-state index is 0.0157. The molecule has 3 heterocycles. The molecule has 1 aromatic carbocycles. The molecule has 0 saturated carbocycles. The number of rotatable bonds is 5. The van der Waals surface area contributed by atoms with E-state index in [-0.39, 0.29) is 30.2 Å². The molecule has 0 spiro atoms. The maximum atomic E-state index is 13.1. The minimum atomic E-state index is -0.302. The van der Waals surface area contributed by atoms with Crippen molar-refractivity contribution in [1.82, 2.24) is 14.9 Å². The number of carbonyl (C=O) groups is 2. The summed E-state index contributed by atoms with van der Waals surface area (Å²) in [4.78, 5) is 39.8. The van der Waals surface area contributed by atoms with Gasteiger partial charge in [-0.3, -0.25) is 9.59 Å². The Morgan fingerprint density at radius 3 is 2.42 bits per heavy atom. The lowest BCUT2D eigenvalue weighted by Crippen LogP contribution is -2.48. The van der Waals surface area contributed by atoms with Crippen molar-refractivity contribution in [1.29, 1.82) is 0 Å². The van der Waals surface area contributed by atoms with Gasteiger partial charge < -0.3 is 19.4 Å². The molecular formula is C22H26ClN5O3. The molecule has 9 heteroatoms. The number of anilines is 2. The molecular weight excluding hydrogens is 418 g/mol. The summed E-state index contributed by atoms with van der Waals surface area (Å²) < 4.78 is 5.17. The number of halogens is 1. The zero-order valence-electron chi connectivity index (χ0n) is 17.7. The molecule has 4 rings (SSSR count). The number of piperidine rings is 1. The highest BCUT2D eigenvalue weighted by Gasteiger charge is 2.38. The SMILES string of the molecule is COc1ccc(N2CC(C(=O)N3CCC(N(C)c4ncc(Cl)cn4)CC3)CC2=O)cc1. The third kappa shape index (κ3) is 4.58. The van der Waals surface area contributed by atoms with Crippen LogP contribution in [0.5, 0.6) is 5.75 Å². The standard InChI is InChI=1S/C22H26ClN5O3/c1-26(22-24-12-16(23)13-25-22)17-7-9-27(10-8-17)21(30)15-11-20(29)28(14-15)18-3-5-19(31-2)6-4-18/h3-6,12-13,15,17H,7-11,14H2,1-2H3. The van der Waals surface area contributed by atoms with Crippen LogP contribution >= 0.6 is 11.6 Å². The molecule has 164 valence electrons. The van der Waals surface area contributed by atoms with Crippen LogP contribution in [0, 0.1) is 5.92 Å². The van der Waals surface area contributed by atoms with Crippen LogP contribution in [0.15, 0.2) is 36.7 Å². The number of likely N-dealkylation sites (tertiary alicyclic amines) is 1. The molecule has 2 fully saturated rings. The van der Waals surface area contributed by atoms with E-state index in [2.05, 4.69) is 9.97 Å². The van der Waals surface area contributed by atoms with Crippen molar-refractivity contribution in [2.45, 2.75) is 25.3 Å². The number of hydrogen-bond acceptors (Lipinski definition) is 6. The Bertz CT molecular complexity index is 929. The minimum Gasteiger partial charge on any atom is -0.497 e. The molecule has 2 aliphatic heterocycles. The number of carbonyl (C=O) groups excluding carboxylic acids is 2. The number of aromatic nitrogens is 2. The van der Waals surface area contributed by atoms with Gasteiger partial charge >= 0.3 is 0 Å². The quantitative estimate of drug-likeness (QED) is 0.706. The number of ether oxygens (including phenoxy) is 1. The molecule has 1 aromatic heterocycles. The Labute approximate surface area is 186 Å². The average Bonchev–Trinajstić information content (AvgIpc) is 3.20. The van der Waals surface area contributed by atoms with Gasteiger partial charge in [0.05, 0.1) is 30.4 Å². The van der Waals surface area contributed by atoms with Crippen LogP contribution < -0.4 is 14.5 Å². The highest BCUT2D eigenvalue weighted by Crippen LogP contribution is 2.29. The smallest absolute Gasteiger partial charge is 0.228 e. The first-order chi connectivity index (χ1) is 15.0. The number of hydrogen-bond donors (Lipinski definition) is 0. The second-order valence-electron chi connectivity index (χ2n) is 7.97. The lowest BCUT2D eigenvalue weighted by Gasteiger charge is -2.37. The summed E-state index contributed by atoms with van der Waals surface area (Å²) in [6.07, 6.45) is 5.09. The summed E-state index contributed by atoms with van der Waals surface area (Å²) in [6.45, 7) is 1.74. The Hall–Kier alpha value is -2.87. The van der Waals surface area contributed by atoms with Crippen molar-refractivity contribution in [3.05, 3.63) is 41.7 Å². The molecule has 2 saturated heterocycles. The van der Waals surface area contributed by atoms with Crippen LogP contribution in [0.2, 0.25) is 5.02 Å². The molecule has 0 bridgehead atoms. The largest absolute Gasteiger partial charge is 0.497 e. The molecule has 1 unspecified atom stereocenters.